The van der Waals surface area contributed by atoms with Gasteiger partial charge in [-0.2, -0.15) is 0 Å². The molecule has 2 aliphatic rings. The second-order valence-electron chi connectivity index (χ2n) is 5.17. The maximum atomic E-state index is 6.22. The Morgan fingerprint density at radius 3 is 3.18 bits per heavy atom. The van der Waals surface area contributed by atoms with E-state index in [1.807, 2.05) is 0 Å². The molecular formula is C14H19NO2. The SMILES string of the molecule is CC1(Oc2cccc3c2CCN3)CCCOC1. The van der Waals surface area contributed by atoms with Gasteiger partial charge in [0.25, 0.3) is 0 Å². The molecule has 1 atom stereocenters. The van der Waals surface area contributed by atoms with E-state index in [-0.39, 0.29) is 5.60 Å². The van der Waals surface area contributed by atoms with Crippen molar-refractivity contribution in [2.24, 2.45) is 0 Å². The van der Waals surface area contributed by atoms with Crippen LogP contribution in [0.15, 0.2) is 18.2 Å². The molecule has 2 heterocycles. The molecule has 2 aliphatic heterocycles. The maximum Gasteiger partial charge on any atom is 0.129 e. The van der Waals surface area contributed by atoms with Crippen LogP contribution in [0.5, 0.6) is 5.75 Å². The number of anilines is 1. The van der Waals surface area contributed by atoms with E-state index < -0.39 is 0 Å². The molecule has 1 saturated heterocycles. The standard InChI is InChI=1S/C14H19NO2/c1-14(7-3-9-16-10-14)17-13-5-2-4-12-11(13)6-8-15-12/h2,4-5,15H,3,6-10H2,1H3. The van der Waals surface area contributed by atoms with Crippen LogP contribution in [0.2, 0.25) is 0 Å². The van der Waals surface area contributed by atoms with Crippen LogP contribution in [0.3, 0.4) is 0 Å². The molecule has 0 amide bonds. The lowest BCUT2D eigenvalue weighted by Crippen LogP contribution is -2.41. The summed E-state index contributed by atoms with van der Waals surface area (Å²) >= 11 is 0. The first-order valence-corrected chi connectivity index (χ1v) is 6.39. The van der Waals surface area contributed by atoms with Crippen molar-refractivity contribution in [3.05, 3.63) is 23.8 Å². The Morgan fingerprint density at radius 1 is 1.41 bits per heavy atom. The average Bonchev–Trinajstić information content (AvgIpc) is 2.79. The van der Waals surface area contributed by atoms with Crippen molar-refractivity contribution in [2.45, 2.75) is 31.8 Å². The lowest BCUT2D eigenvalue weighted by Gasteiger charge is -2.34. The Balaban J connectivity index is 1.83. The molecule has 1 unspecified atom stereocenters. The topological polar surface area (TPSA) is 30.5 Å². The Kier molecular flexibility index (Phi) is 2.71. The normalized spacial score (nSPS) is 27.4. The van der Waals surface area contributed by atoms with Gasteiger partial charge in [0.1, 0.15) is 11.4 Å². The van der Waals surface area contributed by atoms with Crippen molar-refractivity contribution >= 4 is 5.69 Å². The molecule has 0 bridgehead atoms. The summed E-state index contributed by atoms with van der Waals surface area (Å²) in [5.74, 6) is 1.03. The van der Waals surface area contributed by atoms with Gasteiger partial charge in [0.2, 0.25) is 0 Å². The lowest BCUT2D eigenvalue weighted by molar-refractivity contribution is -0.0566. The third-order valence-corrected chi connectivity index (χ3v) is 3.58. The van der Waals surface area contributed by atoms with Crippen LogP contribution in [-0.4, -0.2) is 25.4 Å². The average molecular weight is 233 g/mol. The van der Waals surface area contributed by atoms with Crippen molar-refractivity contribution in [3.63, 3.8) is 0 Å². The van der Waals surface area contributed by atoms with E-state index >= 15 is 0 Å². The van der Waals surface area contributed by atoms with Gasteiger partial charge in [-0.3, -0.25) is 0 Å². The summed E-state index contributed by atoms with van der Waals surface area (Å²) in [4.78, 5) is 0. The molecule has 0 radical (unpaired) electrons. The van der Waals surface area contributed by atoms with Crippen molar-refractivity contribution < 1.29 is 9.47 Å². The zero-order valence-electron chi connectivity index (χ0n) is 10.3. The second kappa shape index (κ2) is 4.22. The fourth-order valence-electron chi connectivity index (χ4n) is 2.66. The van der Waals surface area contributed by atoms with Gasteiger partial charge in [0.15, 0.2) is 0 Å². The van der Waals surface area contributed by atoms with E-state index in [0.29, 0.717) is 6.61 Å². The van der Waals surface area contributed by atoms with Gasteiger partial charge in [-0.25, -0.2) is 0 Å². The minimum absolute atomic E-state index is 0.157. The van der Waals surface area contributed by atoms with Gasteiger partial charge < -0.3 is 14.8 Å². The van der Waals surface area contributed by atoms with Crippen LogP contribution in [0, 0.1) is 0 Å². The van der Waals surface area contributed by atoms with Crippen molar-refractivity contribution in [1.82, 2.24) is 0 Å². The van der Waals surface area contributed by atoms with E-state index in [9.17, 15) is 0 Å². The fraction of sp³-hybridized carbons (Fsp3) is 0.571. The lowest BCUT2D eigenvalue weighted by atomic mass is 9.98. The third kappa shape index (κ3) is 2.12. The van der Waals surface area contributed by atoms with Crippen LogP contribution in [-0.2, 0) is 11.2 Å². The Hall–Kier alpha value is -1.22. The summed E-state index contributed by atoms with van der Waals surface area (Å²) in [5.41, 5.74) is 2.39. The highest BCUT2D eigenvalue weighted by atomic mass is 16.5. The highest BCUT2D eigenvalue weighted by Gasteiger charge is 2.31. The molecule has 92 valence electrons. The molecule has 17 heavy (non-hydrogen) atoms. The second-order valence-corrected chi connectivity index (χ2v) is 5.17. The van der Waals surface area contributed by atoms with Gasteiger partial charge in [-0.1, -0.05) is 6.07 Å². The van der Waals surface area contributed by atoms with E-state index in [1.165, 1.54) is 11.3 Å². The Bertz CT molecular complexity index is 411. The smallest absolute Gasteiger partial charge is 0.129 e. The highest BCUT2D eigenvalue weighted by Crippen LogP contribution is 2.34. The van der Waals surface area contributed by atoms with Crippen LogP contribution in [0.25, 0.3) is 0 Å². The molecule has 1 fully saturated rings. The zero-order valence-corrected chi connectivity index (χ0v) is 10.3. The summed E-state index contributed by atoms with van der Waals surface area (Å²) in [7, 11) is 0. The first kappa shape index (κ1) is 10.9. The monoisotopic (exact) mass is 233 g/mol. The first-order chi connectivity index (χ1) is 8.27. The van der Waals surface area contributed by atoms with Crippen molar-refractivity contribution in [1.29, 1.82) is 0 Å². The highest BCUT2D eigenvalue weighted by molar-refractivity contribution is 5.61. The van der Waals surface area contributed by atoms with Gasteiger partial charge in [0, 0.05) is 24.4 Å². The van der Waals surface area contributed by atoms with E-state index in [0.717, 1.165) is 38.2 Å². The number of nitrogens with one attached hydrogen (secondary N) is 1. The third-order valence-electron chi connectivity index (χ3n) is 3.58. The summed E-state index contributed by atoms with van der Waals surface area (Å²) in [6.45, 7) is 4.73. The molecule has 0 spiro atoms. The van der Waals surface area contributed by atoms with Crippen LogP contribution in [0.4, 0.5) is 5.69 Å². The number of ether oxygens (including phenoxy) is 2. The van der Waals surface area contributed by atoms with E-state index in [4.69, 9.17) is 9.47 Å². The molecule has 1 aromatic carbocycles. The molecule has 1 N–H and O–H groups in total. The van der Waals surface area contributed by atoms with Crippen molar-refractivity contribution in [2.75, 3.05) is 25.1 Å². The number of hydrogen-bond donors (Lipinski definition) is 1. The molecule has 3 nitrogen and oxygen atoms in total. The van der Waals surface area contributed by atoms with Gasteiger partial charge in [-0.15, -0.1) is 0 Å². The maximum absolute atomic E-state index is 6.22. The van der Waals surface area contributed by atoms with Crippen LogP contribution >= 0.6 is 0 Å². The van der Waals surface area contributed by atoms with Crippen molar-refractivity contribution in [3.8, 4) is 5.75 Å². The number of fused-ring (bicyclic) bond motifs is 1. The number of benzene rings is 1. The first-order valence-electron chi connectivity index (χ1n) is 6.39. The quantitative estimate of drug-likeness (QED) is 0.851. The summed E-state index contributed by atoms with van der Waals surface area (Å²) in [6, 6.07) is 6.25. The summed E-state index contributed by atoms with van der Waals surface area (Å²) in [5, 5.41) is 3.38. The molecule has 0 saturated carbocycles. The molecule has 1 aromatic rings. The summed E-state index contributed by atoms with van der Waals surface area (Å²) in [6.07, 6.45) is 3.22. The minimum Gasteiger partial charge on any atom is -0.485 e. The predicted molar refractivity (Wildman–Crippen MR) is 67.7 cm³/mol. The Morgan fingerprint density at radius 2 is 2.35 bits per heavy atom. The largest absolute Gasteiger partial charge is 0.485 e. The molecular weight excluding hydrogens is 214 g/mol. The number of hydrogen-bond acceptors (Lipinski definition) is 3. The molecule has 3 heteroatoms. The molecule has 3 rings (SSSR count). The fourth-order valence-corrected chi connectivity index (χ4v) is 2.66. The number of rotatable bonds is 2. The van der Waals surface area contributed by atoms with Gasteiger partial charge in [0.05, 0.1) is 6.61 Å². The predicted octanol–water partition coefficient (Wildman–Crippen LogP) is 2.60. The molecule has 0 aliphatic carbocycles. The van der Waals surface area contributed by atoms with E-state index in [1.54, 1.807) is 0 Å². The van der Waals surface area contributed by atoms with E-state index in [2.05, 4.69) is 30.4 Å². The molecule has 0 aromatic heterocycles. The van der Waals surface area contributed by atoms with Crippen LogP contribution in [0.1, 0.15) is 25.3 Å². The van der Waals surface area contributed by atoms with Gasteiger partial charge in [-0.05, 0) is 38.3 Å². The Labute approximate surface area is 102 Å². The minimum atomic E-state index is -0.157. The van der Waals surface area contributed by atoms with Crippen LogP contribution < -0.4 is 10.1 Å². The zero-order chi connectivity index (χ0) is 11.7. The van der Waals surface area contributed by atoms with Gasteiger partial charge >= 0.3 is 0 Å². The summed E-state index contributed by atoms with van der Waals surface area (Å²) < 4.78 is 11.8.